The second-order valence-electron chi connectivity index (χ2n) is 9.51. The number of carbonyl (C=O) groups is 1. The number of hydrogen-bond acceptors (Lipinski definition) is 4. The molecule has 204 valence electrons. The molecular weight excluding hydrogens is 526 g/mol. The van der Waals surface area contributed by atoms with Gasteiger partial charge < -0.3 is 18.8 Å². The van der Waals surface area contributed by atoms with E-state index >= 15 is 4.39 Å². The Morgan fingerprint density at radius 1 is 1.00 bits per heavy atom. The van der Waals surface area contributed by atoms with Gasteiger partial charge in [0.15, 0.2) is 6.61 Å². The van der Waals surface area contributed by atoms with Crippen LogP contribution < -0.4 is 9.47 Å². The molecule has 1 aliphatic heterocycles. The van der Waals surface area contributed by atoms with E-state index in [1.165, 1.54) is 34.7 Å². The van der Waals surface area contributed by atoms with Crippen LogP contribution in [-0.4, -0.2) is 40.5 Å². The highest BCUT2D eigenvalue weighted by Gasteiger charge is 2.38. The van der Waals surface area contributed by atoms with Gasteiger partial charge in [-0.3, -0.25) is 4.79 Å². The number of carbonyl (C=O) groups excluding carboxylic acids is 1. The number of hydrogen-bond donors (Lipinski definition) is 0. The van der Waals surface area contributed by atoms with Crippen LogP contribution in [0.3, 0.4) is 0 Å². The summed E-state index contributed by atoms with van der Waals surface area (Å²) < 4.78 is 68.0. The molecular formula is C30H23F4N3O3. The number of halogens is 4. The summed E-state index contributed by atoms with van der Waals surface area (Å²) in [6.45, 7) is -0.129. The van der Waals surface area contributed by atoms with Crippen molar-refractivity contribution in [1.29, 1.82) is 0 Å². The monoisotopic (exact) mass is 549 g/mol. The molecule has 5 aromatic rings. The molecule has 0 spiro atoms. The number of imidazole rings is 1. The lowest BCUT2D eigenvalue weighted by molar-refractivity contribution is -0.137. The Hall–Kier alpha value is -4.60. The smallest absolute Gasteiger partial charge is 0.416 e. The SMILES string of the molecule is COc1ccc(C2c3c(nc4cc(C(F)(F)F)ccn34)CCN2C(=O)COc2ccc3ccccc3c2)c(F)c1. The fourth-order valence-electron chi connectivity index (χ4n) is 5.19. The summed E-state index contributed by atoms with van der Waals surface area (Å²) in [5.74, 6) is -0.220. The Kier molecular flexibility index (Phi) is 6.32. The summed E-state index contributed by atoms with van der Waals surface area (Å²) in [5.41, 5.74) is 0.325. The molecule has 0 saturated heterocycles. The van der Waals surface area contributed by atoms with E-state index < -0.39 is 29.5 Å². The van der Waals surface area contributed by atoms with Gasteiger partial charge in [-0.05, 0) is 47.2 Å². The number of fused-ring (bicyclic) bond motifs is 4. The van der Waals surface area contributed by atoms with Crippen LogP contribution in [0.15, 0.2) is 79.0 Å². The highest BCUT2D eigenvalue weighted by atomic mass is 19.4. The van der Waals surface area contributed by atoms with Crippen molar-refractivity contribution in [2.45, 2.75) is 18.6 Å². The molecule has 0 radical (unpaired) electrons. The Labute approximate surface area is 226 Å². The first kappa shape index (κ1) is 25.7. The van der Waals surface area contributed by atoms with Crippen LogP contribution in [0.2, 0.25) is 0 Å². The lowest BCUT2D eigenvalue weighted by atomic mass is 9.94. The number of rotatable bonds is 5. The highest BCUT2D eigenvalue weighted by molar-refractivity contribution is 5.84. The molecule has 0 saturated carbocycles. The maximum atomic E-state index is 15.5. The zero-order valence-corrected chi connectivity index (χ0v) is 21.3. The quantitative estimate of drug-likeness (QED) is 0.245. The minimum absolute atomic E-state index is 0.0699. The second kappa shape index (κ2) is 9.86. The van der Waals surface area contributed by atoms with E-state index in [-0.39, 0.29) is 30.8 Å². The number of alkyl halides is 3. The van der Waals surface area contributed by atoms with Gasteiger partial charge in [-0.1, -0.05) is 30.3 Å². The van der Waals surface area contributed by atoms with Crippen molar-refractivity contribution in [3.05, 3.63) is 107 Å². The van der Waals surface area contributed by atoms with Crippen LogP contribution in [0.5, 0.6) is 11.5 Å². The van der Waals surface area contributed by atoms with Gasteiger partial charge in [0.2, 0.25) is 0 Å². The Morgan fingerprint density at radius 3 is 2.52 bits per heavy atom. The van der Waals surface area contributed by atoms with Gasteiger partial charge in [0.1, 0.15) is 29.0 Å². The standard InChI is InChI=1S/C30H23F4N3O3/c1-39-21-8-9-23(24(31)16-21)28-29-25(35-26-15-20(30(32,33)34)10-12-36(26)29)11-13-37(28)27(38)17-40-22-7-6-18-4-2-3-5-19(18)14-22/h2-10,12,14-16,28H,11,13,17H2,1H3. The average molecular weight is 550 g/mol. The average Bonchev–Trinajstić information content (AvgIpc) is 3.33. The lowest BCUT2D eigenvalue weighted by Gasteiger charge is -2.36. The molecule has 3 aromatic carbocycles. The summed E-state index contributed by atoms with van der Waals surface area (Å²) in [6.07, 6.45) is -3.00. The summed E-state index contributed by atoms with van der Waals surface area (Å²) in [5, 5.41) is 1.98. The Morgan fingerprint density at radius 2 is 1.77 bits per heavy atom. The first-order valence-electron chi connectivity index (χ1n) is 12.6. The Bertz CT molecular complexity index is 1750. The molecule has 1 aliphatic rings. The summed E-state index contributed by atoms with van der Waals surface area (Å²) >= 11 is 0. The first-order valence-corrected chi connectivity index (χ1v) is 12.6. The zero-order chi connectivity index (χ0) is 28.0. The minimum atomic E-state index is -4.54. The van der Waals surface area contributed by atoms with E-state index in [2.05, 4.69) is 4.98 Å². The molecule has 0 bridgehead atoms. The molecule has 2 aromatic heterocycles. The third-order valence-electron chi connectivity index (χ3n) is 7.13. The number of pyridine rings is 1. The van der Waals surface area contributed by atoms with Crippen LogP contribution in [0.4, 0.5) is 17.6 Å². The van der Waals surface area contributed by atoms with Crippen molar-refractivity contribution in [1.82, 2.24) is 14.3 Å². The van der Waals surface area contributed by atoms with Gasteiger partial charge in [-0.2, -0.15) is 13.2 Å². The molecule has 40 heavy (non-hydrogen) atoms. The van der Waals surface area contributed by atoms with Crippen molar-refractivity contribution >= 4 is 22.3 Å². The predicted molar refractivity (Wildman–Crippen MR) is 140 cm³/mol. The van der Waals surface area contributed by atoms with E-state index in [0.717, 1.165) is 22.9 Å². The Balaban J connectivity index is 1.38. The molecule has 10 heteroatoms. The number of nitrogens with zero attached hydrogens (tertiary/aromatic N) is 3. The van der Waals surface area contributed by atoms with Crippen molar-refractivity contribution in [3.63, 3.8) is 0 Å². The molecule has 0 aliphatic carbocycles. The second-order valence-corrected chi connectivity index (χ2v) is 9.51. The van der Waals surface area contributed by atoms with E-state index in [0.29, 0.717) is 22.9 Å². The molecule has 6 rings (SSSR count). The van der Waals surface area contributed by atoms with Crippen molar-refractivity contribution in [2.75, 3.05) is 20.3 Å². The fourth-order valence-corrected chi connectivity index (χ4v) is 5.19. The third kappa shape index (κ3) is 4.59. The largest absolute Gasteiger partial charge is 0.497 e. The molecule has 3 heterocycles. The van der Waals surface area contributed by atoms with Gasteiger partial charge in [-0.25, -0.2) is 9.37 Å². The van der Waals surface area contributed by atoms with E-state index in [1.807, 2.05) is 36.4 Å². The first-order chi connectivity index (χ1) is 19.2. The number of methoxy groups -OCH3 is 1. The van der Waals surface area contributed by atoms with Gasteiger partial charge in [0.25, 0.3) is 5.91 Å². The number of ether oxygens (including phenoxy) is 2. The normalized spacial score (nSPS) is 15.3. The van der Waals surface area contributed by atoms with Gasteiger partial charge in [0.05, 0.1) is 24.1 Å². The molecule has 1 unspecified atom stereocenters. The number of aromatic nitrogens is 2. The van der Waals surface area contributed by atoms with Crippen LogP contribution in [0, 0.1) is 5.82 Å². The molecule has 0 fully saturated rings. The number of amides is 1. The van der Waals surface area contributed by atoms with Gasteiger partial charge in [0, 0.05) is 30.8 Å². The van der Waals surface area contributed by atoms with E-state index in [9.17, 15) is 18.0 Å². The maximum Gasteiger partial charge on any atom is 0.416 e. The molecule has 0 N–H and O–H groups in total. The predicted octanol–water partition coefficient (Wildman–Crippen LogP) is 6.21. The molecule has 1 atom stereocenters. The maximum absolute atomic E-state index is 15.5. The van der Waals surface area contributed by atoms with Crippen molar-refractivity contribution in [3.8, 4) is 11.5 Å². The topological polar surface area (TPSA) is 56.1 Å². The van der Waals surface area contributed by atoms with Crippen LogP contribution in [0.1, 0.15) is 28.6 Å². The lowest BCUT2D eigenvalue weighted by Crippen LogP contribution is -2.43. The van der Waals surface area contributed by atoms with E-state index in [4.69, 9.17) is 9.47 Å². The zero-order valence-electron chi connectivity index (χ0n) is 21.3. The molecule has 6 nitrogen and oxygen atoms in total. The minimum Gasteiger partial charge on any atom is -0.497 e. The van der Waals surface area contributed by atoms with Crippen molar-refractivity contribution < 1.29 is 31.8 Å². The van der Waals surface area contributed by atoms with Gasteiger partial charge in [-0.15, -0.1) is 0 Å². The van der Waals surface area contributed by atoms with Crippen LogP contribution in [0.25, 0.3) is 16.4 Å². The molecule has 1 amide bonds. The highest BCUT2D eigenvalue weighted by Crippen LogP contribution is 2.39. The fraction of sp³-hybridized carbons (Fsp3) is 0.200. The van der Waals surface area contributed by atoms with Crippen molar-refractivity contribution in [2.24, 2.45) is 0 Å². The van der Waals surface area contributed by atoms with Crippen LogP contribution in [-0.2, 0) is 17.4 Å². The summed E-state index contributed by atoms with van der Waals surface area (Å²) in [4.78, 5) is 19.5. The summed E-state index contributed by atoms with van der Waals surface area (Å²) in [7, 11) is 1.41. The third-order valence-corrected chi connectivity index (χ3v) is 7.13. The van der Waals surface area contributed by atoms with Gasteiger partial charge >= 0.3 is 6.18 Å². The number of benzene rings is 3. The van der Waals surface area contributed by atoms with E-state index in [1.54, 1.807) is 12.1 Å². The summed E-state index contributed by atoms with van der Waals surface area (Å²) in [6, 6.07) is 18.5. The van der Waals surface area contributed by atoms with Crippen LogP contribution >= 0.6 is 0 Å².